The van der Waals surface area contributed by atoms with Crippen LogP contribution in [0.1, 0.15) is 53.0 Å². The number of benzene rings is 3. The van der Waals surface area contributed by atoms with E-state index in [1.165, 1.54) is 0 Å². The molecule has 0 saturated carbocycles. The maximum atomic E-state index is 11.1. The highest BCUT2D eigenvalue weighted by Gasteiger charge is 2.23. The molecule has 3 aromatic rings. The minimum absolute atomic E-state index is 0.0835. The molecule has 0 aromatic heterocycles. The van der Waals surface area contributed by atoms with Crippen molar-refractivity contribution in [3.05, 3.63) is 85.3 Å². The largest absolute Gasteiger partial charge is 0.496 e. The van der Waals surface area contributed by atoms with Crippen LogP contribution in [0.2, 0.25) is 0 Å². The van der Waals surface area contributed by atoms with Crippen molar-refractivity contribution in [1.29, 1.82) is 0 Å². The summed E-state index contributed by atoms with van der Waals surface area (Å²) in [5.74, 6) is 1.20. The summed E-state index contributed by atoms with van der Waals surface area (Å²) in [6.45, 7) is 6.21. The maximum absolute atomic E-state index is 11.1. The standard InChI is InChI=1S/C26H25Br2ClO4/c1-14(2)18-12-23(33-26-20(27)9-16(10-21(26)28)11-24(30)31)19(13-22(18)32-4)25(29)17-7-5-6-15(3)8-17/h5-10,12-14,25H,11H2,1-4H3,(H,30,31). The minimum atomic E-state index is -0.898. The number of methoxy groups -OCH3 is 1. The molecule has 4 nitrogen and oxygen atoms in total. The lowest BCUT2D eigenvalue weighted by atomic mass is 9.95. The number of halogens is 3. The molecule has 0 bridgehead atoms. The Balaban J connectivity index is 2.13. The van der Waals surface area contributed by atoms with Gasteiger partial charge in [-0.1, -0.05) is 43.7 Å². The third-order valence-electron chi connectivity index (χ3n) is 5.22. The van der Waals surface area contributed by atoms with Gasteiger partial charge in [0.2, 0.25) is 0 Å². The second-order valence-corrected chi connectivity index (χ2v) is 10.3. The van der Waals surface area contributed by atoms with E-state index >= 15 is 0 Å². The Morgan fingerprint density at radius 3 is 2.21 bits per heavy atom. The Bertz CT molecular complexity index is 1150. The van der Waals surface area contributed by atoms with Crippen molar-refractivity contribution in [3.8, 4) is 17.2 Å². The average Bonchev–Trinajstić information content (AvgIpc) is 2.74. The van der Waals surface area contributed by atoms with Gasteiger partial charge in [0.25, 0.3) is 0 Å². The normalized spacial score (nSPS) is 12.0. The lowest BCUT2D eigenvalue weighted by Gasteiger charge is -2.22. The fourth-order valence-corrected chi connectivity index (χ4v) is 5.36. The van der Waals surface area contributed by atoms with Crippen molar-refractivity contribution in [3.63, 3.8) is 0 Å². The Morgan fingerprint density at radius 2 is 1.67 bits per heavy atom. The van der Waals surface area contributed by atoms with Crippen LogP contribution >= 0.6 is 43.5 Å². The van der Waals surface area contributed by atoms with Gasteiger partial charge in [-0.3, -0.25) is 4.79 Å². The van der Waals surface area contributed by atoms with Gasteiger partial charge in [-0.15, -0.1) is 11.6 Å². The first-order valence-electron chi connectivity index (χ1n) is 10.4. The van der Waals surface area contributed by atoms with Crippen molar-refractivity contribution in [2.45, 2.75) is 38.5 Å². The predicted octanol–water partition coefficient (Wildman–Crippen LogP) is 8.40. The van der Waals surface area contributed by atoms with E-state index in [1.807, 2.05) is 37.3 Å². The molecule has 0 radical (unpaired) electrons. The predicted molar refractivity (Wildman–Crippen MR) is 139 cm³/mol. The van der Waals surface area contributed by atoms with Crippen LogP contribution in [-0.2, 0) is 11.2 Å². The number of rotatable bonds is 8. The fourth-order valence-electron chi connectivity index (χ4n) is 3.61. The fraction of sp³-hybridized carbons (Fsp3) is 0.269. The summed E-state index contributed by atoms with van der Waals surface area (Å²) in [5, 5.41) is 8.66. The van der Waals surface area contributed by atoms with E-state index in [4.69, 9.17) is 26.2 Å². The summed E-state index contributed by atoms with van der Waals surface area (Å²) in [7, 11) is 1.65. The quantitative estimate of drug-likeness (QED) is 0.265. The van der Waals surface area contributed by atoms with Crippen LogP contribution in [0, 0.1) is 6.92 Å². The van der Waals surface area contributed by atoms with Gasteiger partial charge in [0, 0.05) is 11.1 Å². The molecular formula is C26H25Br2ClO4. The summed E-state index contributed by atoms with van der Waals surface area (Å²) in [5.41, 5.74) is 4.50. The number of hydrogen-bond donors (Lipinski definition) is 1. The number of alkyl halides is 1. The van der Waals surface area contributed by atoms with Gasteiger partial charge in [-0.25, -0.2) is 0 Å². The first-order valence-corrected chi connectivity index (χ1v) is 12.4. The molecule has 174 valence electrons. The minimum Gasteiger partial charge on any atom is -0.496 e. The summed E-state index contributed by atoms with van der Waals surface area (Å²) >= 11 is 14.0. The van der Waals surface area contributed by atoms with Crippen LogP contribution in [-0.4, -0.2) is 18.2 Å². The first-order chi connectivity index (χ1) is 15.6. The van der Waals surface area contributed by atoms with E-state index < -0.39 is 11.3 Å². The Kier molecular flexibility index (Phi) is 8.48. The molecule has 1 unspecified atom stereocenters. The molecule has 0 amide bonds. The molecule has 3 rings (SSSR count). The Hall–Kier alpha value is -2.02. The van der Waals surface area contributed by atoms with Gasteiger partial charge in [0.15, 0.2) is 5.75 Å². The van der Waals surface area contributed by atoms with Crippen LogP contribution in [0.5, 0.6) is 17.2 Å². The number of aliphatic carboxylic acids is 1. The molecule has 0 spiro atoms. The SMILES string of the molecule is COc1cc(C(Cl)c2cccc(C)c2)c(Oc2c(Br)cc(CC(=O)O)cc2Br)cc1C(C)C. The Labute approximate surface area is 216 Å². The molecule has 0 heterocycles. The van der Waals surface area contributed by atoms with E-state index in [9.17, 15) is 4.79 Å². The van der Waals surface area contributed by atoms with Crippen molar-refractivity contribution in [2.75, 3.05) is 7.11 Å². The number of carboxylic acids is 1. The third-order valence-corrected chi connectivity index (χ3v) is 6.88. The smallest absolute Gasteiger partial charge is 0.307 e. The van der Waals surface area contributed by atoms with Gasteiger partial charge in [0.05, 0.1) is 27.9 Å². The van der Waals surface area contributed by atoms with E-state index in [-0.39, 0.29) is 12.3 Å². The maximum Gasteiger partial charge on any atom is 0.307 e. The van der Waals surface area contributed by atoms with Gasteiger partial charge in [0.1, 0.15) is 11.5 Å². The molecule has 1 atom stereocenters. The summed E-state index contributed by atoms with van der Waals surface area (Å²) < 4.78 is 13.4. The van der Waals surface area contributed by atoms with Gasteiger partial charge in [-0.2, -0.15) is 0 Å². The summed E-state index contributed by atoms with van der Waals surface area (Å²) in [6, 6.07) is 15.5. The zero-order valence-corrected chi connectivity index (χ0v) is 22.7. The molecule has 7 heteroatoms. The molecule has 0 aliphatic heterocycles. The van der Waals surface area contributed by atoms with E-state index in [2.05, 4.69) is 51.8 Å². The molecule has 33 heavy (non-hydrogen) atoms. The number of aryl methyl sites for hydroxylation is 1. The third kappa shape index (κ3) is 6.11. The number of carbonyl (C=O) groups is 1. The van der Waals surface area contributed by atoms with Gasteiger partial charge in [-0.05, 0) is 80.1 Å². The zero-order valence-electron chi connectivity index (χ0n) is 18.8. The molecule has 0 saturated heterocycles. The lowest BCUT2D eigenvalue weighted by Crippen LogP contribution is -2.04. The second kappa shape index (κ2) is 10.9. The number of hydrogen-bond acceptors (Lipinski definition) is 3. The highest BCUT2D eigenvalue weighted by Crippen LogP contribution is 2.45. The van der Waals surface area contributed by atoms with Crippen molar-refractivity contribution < 1.29 is 19.4 Å². The topological polar surface area (TPSA) is 55.8 Å². The first kappa shape index (κ1) is 25.6. The molecule has 0 aliphatic rings. The number of carboxylic acid groups (broad SMARTS) is 1. The van der Waals surface area contributed by atoms with Crippen molar-refractivity contribution in [2.24, 2.45) is 0 Å². The molecule has 3 aromatic carbocycles. The highest BCUT2D eigenvalue weighted by atomic mass is 79.9. The average molecular weight is 597 g/mol. The van der Waals surface area contributed by atoms with Crippen LogP contribution in [0.15, 0.2) is 57.5 Å². The molecule has 1 N–H and O–H groups in total. The summed E-state index contributed by atoms with van der Waals surface area (Å²) in [4.78, 5) is 11.1. The van der Waals surface area contributed by atoms with Crippen LogP contribution < -0.4 is 9.47 Å². The van der Waals surface area contributed by atoms with Crippen LogP contribution in [0.3, 0.4) is 0 Å². The lowest BCUT2D eigenvalue weighted by molar-refractivity contribution is -0.136. The highest BCUT2D eigenvalue weighted by molar-refractivity contribution is 9.11. The van der Waals surface area contributed by atoms with Crippen molar-refractivity contribution >= 4 is 49.4 Å². The van der Waals surface area contributed by atoms with Gasteiger partial charge >= 0.3 is 5.97 Å². The van der Waals surface area contributed by atoms with Crippen molar-refractivity contribution in [1.82, 2.24) is 0 Å². The van der Waals surface area contributed by atoms with Gasteiger partial charge < -0.3 is 14.6 Å². The second-order valence-electron chi connectivity index (χ2n) is 8.12. The van der Waals surface area contributed by atoms with E-state index in [0.29, 0.717) is 26.0 Å². The van der Waals surface area contributed by atoms with Crippen LogP contribution in [0.4, 0.5) is 0 Å². The molecule has 0 fully saturated rings. The monoisotopic (exact) mass is 594 g/mol. The molecule has 0 aliphatic carbocycles. The zero-order chi connectivity index (χ0) is 24.3. The Morgan fingerprint density at radius 1 is 1.03 bits per heavy atom. The number of ether oxygens (including phenoxy) is 2. The van der Waals surface area contributed by atoms with E-state index in [0.717, 1.165) is 28.0 Å². The summed E-state index contributed by atoms with van der Waals surface area (Å²) in [6.07, 6.45) is -0.0835. The van der Waals surface area contributed by atoms with E-state index in [1.54, 1.807) is 19.2 Å². The molecular weight excluding hydrogens is 572 g/mol. The van der Waals surface area contributed by atoms with Crippen LogP contribution in [0.25, 0.3) is 0 Å².